The van der Waals surface area contributed by atoms with Crippen LogP contribution in [0.15, 0.2) is 41.9 Å². The molecule has 3 heterocycles. The number of ether oxygens (including phenoxy) is 1. The summed E-state index contributed by atoms with van der Waals surface area (Å²) >= 11 is 7.53. The van der Waals surface area contributed by atoms with Crippen LogP contribution in [-0.4, -0.2) is 35.1 Å². The molecule has 0 saturated carbocycles. The van der Waals surface area contributed by atoms with Crippen LogP contribution in [0.3, 0.4) is 0 Å². The Hall–Kier alpha value is -2.71. The Bertz CT molecular complexity index is 1030. The Morgan fingerprint density at radius 1 is 1.31 bits per heavy atom. The first-order valence-corrected chi connectivity index (χ1v) is 10.5. The molecule has 0 amide bonds. The number of hydrogen-bond donors (Lipinski definition) is 0. The molecule has 3 aromatic rings. The smallest absolute Gasteiger partial charge is 0.313 e. The van der Waals surface area contributed by atoms with Crippen molar-refractivity contribution < 1.29 is 9.66 Å². The average molecular weight is 431 g/mol. The molecule has 0 atom stereocenters. The summed E-state index contributed by atoms with van der Waals surface area (Å²) in [7, 11) is 1.66. The molecule has 1 fully saturated rings. The molecule has 150 valence electrons. The fraction of sp³-hybridized carbons (Fsp3) is 0.300. The number of methoxy groups -OCH3 is 1. The van der Waals surface area contributed by atoms with E-state index in [9.17, 15) is 10.1 Å². The van der Waals surface area contributed by atoms with Gasteiger partial charge in [0.05, 0.1) is 27.8 Å². The van der Waals surface area contributed by atoms with Gasteiger partial charge in [0.25, 0.3) is 0 Å². The van der Waals surface area contributed by atoms with E-state index in [1.807, 2.05) is 29.2 Å². The van der Waals surface area contributed by atoms with Crippen LogP contribution in [0, 0.1) is 10.1 Å². The second-order valence-electron chi connectivity index (χ2n) is 6.79. The summed E-state index contributed by atoms with van der Waals surface area (Å²) in [6, 6.07) is 9.21. The van der Waals surface area contributed by atoms with Gasteiger partial charge >= 0.3 is 5.69 Å². The van der Waals surface area contributed by atoms with Crippen LogP contribution in [0.2, 0.25) is 5.02 Å². The first kappa shape index (κ1) is 19.6. The number of halogens is 1. The monoisotopic (exact) mass is 430 g/mol. The van der Waals surface area contributed by atoms with Gasteiger partial charge in [-0.1, -0.05) is 23.7 Å². The maximum Gasteiger partial charge on any atom is 0.313 e. The molecule has 1 aliphatic heterocycles. The van der Waals surface area contributed by atoms with E-state index in [2.05, 4.69) is 10.4 Å². The van der Waals surface area contributed by atoms with Gasteiger partial charge in [-0.05, 0) is 25.0 Å². The number of para-hydroxylation sites is 1. The second-order valence-corrected chi connectivity index (χ2v) is 8.11. The van der Waals surface area contributed by atoms with Crippen molar-refractivity contribution in [3.8, 4) is 17.0 Å². The molecule has 7 nitrogen and oxygen atoms in total. The molecular weight excluding hydrogens is 412 g/mol. The van der Waals surface area contributed by atoms with Crippen molar-refractivity contribution >= 4 is 34.4 Å². The van der Waals surface area contributed by atoms with Gasteiger partial charge in [0.2, 0.25) is 5.82 Å². The number of benzene rings is 1. The van der Waals surface area contributed by atoms with Crippen LogP contribution in [0.25, 0.3) is 11.3 Å². The Morgan fingerprint density at radius 2 is 2.07 bits per heavy atom. The minimum atomic E-state index is -0.430. The molecule has 0 aliphatic carbocycles. The van der Waals surface area contributed by atoms with Crippen molar-refractivity contribution in [2.45, 2.75) is 18.8 Å². The highest BCUT2D eigenvalue weighted by Crippen LogP contribution is 2.37. The zero-order chi connectivity index (χ0) is 20.4. The first-order valence-electron chi connectivity index (χ1n) is 9.20. The zero-order valence-corrected chi connectivity index (χ0v) is 17.3. The third kappa shape index (κ3) is 4.04. The van der Waals surface area contributed by atoms with E-state index in [4.69, 9.17) is 21.3 Å². The predicted octanol–water partition coefficient (Wildman–Crippen LogP) is 5.16. The van der Waals surface area contributed by atoms with E-state index < -0.39 is 4.92 Å². The molecule has 4 rings (SSSR count). The summed E-state index contributed by atoms with van der Waals surface area (Å²) in [4.78, 5) is 21.9. The topological polar surface area (TPSA) is 81.4 Å². The minimum absolute atomic E-state index is 0.0522. The lowest BCUT2D eigenvalue weighted by Gasteiger charge is -2.31. The zero-order valence-electron chi connectivity index (χ0n) is 15.7. The number of nitro groups is 1. The van der Waals surface area contributed by atoms with Crippen LogP contribution < -0.4 is 9.64 Å². The second kappa shape index (κ2) is 8.34. The molecule has 0 spiro atoms. The molecule has 0 unspecified atom stereocenters. The van der Waals surface area contributed by atoms with Gasteiger partial charge in [-0.3, -0.25) is 10.1 Å². The van der Waals surface area contributed by atoms with E-state index >= 15 is 0 Å². The van der Waals surface area contributed by atoms with E-state index in [1.54, 1.807) is 18.4 Å². The maximum absolute atomic E-state index is 11.4. The van der Waals surface area contributed by atoms with Gasteiger partial charge in [-0.15, -0.1) is 11.3 Å². The van der Waals surface area contributed by atoms with Crippen LogP contribution in [0.4, 0.5) is 11.5 Å². The van der Waals surface area contributed by atoms with Crippen molar-refractivity contribution in [2.24, 2.45) is 0 Å². The van der Waals surface area contributed by atoms with E-state index in [-0.39, 0.29) is 10.7 Å². The Balaban J connectivity index is 1.49. The summed E-state index contributed by atoms with van der Waals surface area (Å²) in [5, 5.41) is 14.8. The van der Waals surface area contributed by atoms with E-state index in [0.717, 1.165) is 34.9 Å². The van der Waals surface area contributed by atoms with Crippen molar-refractivity contribution in [3.05, 3.63) is 62.1 Å². The van der Waals surface area contributed by atoms with Crippen LogP contribution in [-0.2, 0) is 0 Å². The Morgan fingerprint density at radius 3 is 2.79 bits per heavy atom. The summed E-state index contributed by atoms with van der Waals surface area (Å²) in [5.41, 5.74) is 1.85. The SMILES string of the molecule is COc1ccccc1-c1csc(C2CCN(c3ncc(Cl)cc3[N+](=O)[O-])CC2)n1. The lowest BCUT2D eigenvalue weighted by atomic mass is 9.97. The van der Waals surface area contributed by atoms with Crippen molar-refractivity contribution in [1.29, 1.82) is 0 Å². The molecule has 0 bridgehead atoms. The summed E-state index contributed by atoms with van der Waals surface area (Å²) in [5.74, 6) is 1.51. The molecule has 29 heavy (non-hydrogen) atoms. The van der Waals surface area contributed by atoms with Crippen molar-refractivity contribution in [1.82, 2.24) is 9.97 Å². The number of aromatic nitrogens is 2. The summed E-state index contributed by atoms with van der Waals surface area (Å²) in [6.45, 7) is 1.37. The van der Waals surface area contributed by atoms with Crippen LogP contribution in [0.5, 0.6) is 5.75 Å². The van der Waals surface area contributed by atoms with Crippen molar-refractivity contribution in [2.75, 3.05) is 25.1 Å². The number of nitrogens with zero attached hydrogens (tertiary/aromatic N) is 4. The predicted molar refractivity (Wildman–Crippen MR) is 114 cm³/mol. The molecule has 9 heteroatoms. The fourth-order valence-corrected chi connectivity index (χ4v) is 4.74. The number of hydrogen-bond acceptors (Lipinski definition) is 7. The Labute approximate surface area is 177 Å². The van der Waals surface area contributed by atoms with Gasteiger partial charge in [0, 0.05) is 42.2 Å². The highest BCUT2D eigenvalue weighted by atomic mass is 35.5. The minimum Gasteiger partial charge on any atom is -0.496 e. The highest BCUT2D eigenvalue weighted by Gasteiger charge is 2.28. The molecule has 1 aliphatic rings. The lowest BCUT2D eigenvalue weighted by Crippen LogP contribution is -2.33. The standard InChI is InChI=1S/C20H19ClN4O3S/c1-28-18-5-3-2-4-15(18)16-12-29-20(23-16)13-6-8-24(9-7-13)19-17(25(26)27)10-14(21)11-22-19/h2-5,10-13H,6-9H2,1H3. The van der Waals surface area contributed by atoms with E-state index in [0.29, 0.717) is 24.8 Å². The molecule has 1 saturated heterocycles. The van der Waals surface area contributed by atoms with Gasteiger partial charge in [0.15, 0.2) is 0 Å². The maximum atomic E-state index is 11.4. The van der Waals surface area contributed by atoms with E-state index in [1.165, 1.54) is 12.3 Å². The van der Waals surface area contributed by atoms with Gasteiger partial charge in [-0.25, -0.2) is 9.97 Å². The average Bonchev–Trinajstić information content (AvgIpc) is 3.24. The quantitative estimate of drug-likeness (QED) is 0.410. The van der Waals surface area contributed by atoms with Crippen LogP contribution in [0.1, 0.15) is 23.8 Å². The number of pyridine rings is 1. The molecule has 2 aromatic heterocycles. The number of anilines is 1. The third-order valence-corrected chi connectivity index (χ3v) is 6.27. The number of thiazole rings is 1. The third-order valence-electron chi connectivity index (χ3n) is 5.06. The summed E-state index contributed by atoms with van der Waals surface area (Å²) in [6.07, 6.45) is 3.18. The normalized spacial score (nSPS) is 14.8. The van der Waals surface area contributed by atoms with Crippen LogP contribution >= 0.6 is 22.9 Å². The fourth-order valence-electron chi connectivity index (χ4n) is 3.59. The lowest BCUT2D eigenvalue weighted by molar-refractivity contribution is -0.384. The van der Waals surface area contributed by atoms with Crippen molar-refractivity contribution in [3.63, 3.8) is 0 Å². The summed E-state index contributed by atoms with van der Waals surface area (Å²) < 4.78 is 5.44. The Kier molecular flexibility index (Phi) is 5.64. The van der Waals surface area contributed by atoms with Gasteiger partial charge < -0.3 is 9.64 Å². The number of piperidine rings is 1. The molecule has 1 aromatic carbocycles. The van der Waals surface area contributed by atoms with Gasteiger partial charge in [-0.2, -0.15) is 0 Å². The molecule has 0 N–H and O–H groups in total. The molecular formula is C20H19ClN4O3S. The largest absolute Gasteiger partial charge is 0.496 e. The molecule has 0 radical (unpaired) electrons. The van der Waals surface area contributed by atoms with Gasteiger partial charge in [0.1, 0.15) is 5.75 Å². The first-order chi connectivity index (χ1) is 14.1. The number of rotatable bonds is 5. The highest BCUT2D eigenvalue weighted by molar-refractivity contribution is 7.10.